The van der Waals surface area contributed by atoms with E-state index in [0.29, 0.717) is 27.7 Å². The Morgan fingerprint density at radius 2 is 2.08 bits per heavy atom. The summed E-state index contributed by atoms with van der Waals surface area (Å²) in [5, 5.41) is 6.11. The molecule has 3 N–H and O–H groups in total. The number of carbonyl (C=O) groups is 1. The van der Waals surface area contributed by atoms with Crippen LogP contribution in [-0.2, 0) is 0 Å². The van der Waals surface area contributed by atoms with Crippen LogP contribution in [0.5, 0.6) is 0 Å². The first kappa shape index (κ1) is 16.3. The van der Waals surface area contributed by atoms with E-state index in [9.17, 15) is 4.79 Å². The van der Waals surface area contributed by atoms with Crippen molar-refractivity contribution in [3.8, 4) is 11.4 Å². The van der Waals surface area contributed by atoms with Crippen molar-refractivity contribution in [3.63, 3.8) is 0 Å². The minimum Gasteiger partial charge on any atom is -0.337 e. The van der Waals surface area contributed by atoms with Gasteiger partial charge in [0.05, 0.1) is 10.5 Å². The average Bonchev–Trinajstić information content (AvgIpc) is 2.91. The Morgan fingerprint density at radius 3 is 2.83 bits per heavy atom. The maximum absolute atomic E-state index is 11.8. The molecule has 3 aromatic rings. The number of anilines is 1. The molecule has 2 amide bonds. The lowest BCUT2D eigenvalue weighted by Gasteiger charge is -2.11. The van der Waals surface area contributed by atoms with Gasteiger partial charge in [-0.25, -0.2) is 14.8 Å². The van der Waals surface area contributed by atoms with Gasteiger partial charge in [0.25, 0.3) is 0 Å². The summed E-state index contributed by atoms with van der Waals surface area (Å²) in [6.45, 7) is 5.77. The normalized spacial score (nSPS) is 11.0. The molecule has 1 aromatic carbocycles. The molecule has 0 aliphatic carbocycles. The molecule has 3 rings (SSSR count). The zero-order valence-electron chi connectivity index (χ0n) is 13.6. The van der Waals surface area contributed by atoms with Gasteiger partial charge in [-0.1, -0.05) is 11.6 Å². The van der Waals surface area contributed by atoms with Crippen LogP contribution in [0.15, 0.2) is 30.5 Å². The van der Waals surface area contributed by atoms with Crippen molar-refractivity contribution in [1.29, 1.82) is 0 Å². The van der Waals surface area contributed by atoms with Crippen molar-refractivity contribution in [3.05, 3.63) is 41.0 Å². The first-order valence-corrected chi connectivity index (χ1v) is 8.00. The molecule has 0 spiro atoms. The molecule has 0 saturated heterocycles. The Bertz CT molecular complexity index is 903. The molecule has 2 aromatic heterocycles. The van der Waals surface area contributed by atoms with Crippen molar-refractivity contribution in [2.45, 2.75) is 26.8 Å². The Balaban J connectivity index is 1.94. The van der Waals surface area contributed by atoms with E-state index in [1.54, 1.807) is 24.4 Å². The second-order valence-electron chi connectivity index (χ2n) is 5.92. The van der Waals surface area contributed by atoms with E-state index in [-0.39, 0.29) is 12.1 Å². The third kappa shape index (κ3) is 3.49. The van der Waals surface area contributed by atoms with E-state index in [1.807, 2.05) is 26.8 Å². The lowest BCUT2D eigenvalue weighted by Crippen LogP contribution is -2.34. The number of carbonyl (C=O) groups excluding carboxylic acids is 1. The molecule has 0 aliphatic rings. The van der Waals surface area contributed by atoms with Crippen molar-refractivity contribution in [1.82, 2.24) is 20.3 Å². The van der Waals surface area contributed by atoms with Gasteiger partial charge in [-0.15, -0.1) is 0 Å². The average molecular weight is 344 g/mol. The largest absolute Gasteiger partial charge is 0.337 e. The third-order valence-electron chi connectivity index (χ3n) is 3.37. The van der Waals surface area contributed by atoms with Crippen LogP contribution in [0.4, 0.5) is 10.5 Å². The van der Waals surface area contributed by atoms with Gasteiger partial charge in [-0.2, -0.15) is 0 Å². The Labute approximate surface area is 144 Å². The second-order valence-corrected chi connectivity index (χ2v) is 6.32. The first-order valence-electron chi connectivity index (χ1n) is 7.62. The number of hydrogen-bond donors (Lipinski definition) is 3. The van der Waals surface area contributed by atoms with E-state index in [2.05, 4.69) is 25.6 Å². The Hall–Kier alpha value is -2.60. The Kier molecular flexibility index (Phi) is 4.40. The smallest absolute Gasteiger partial charge is 0.319 e. The molecule has 24 heavy (non-hydrogen) atoms. The highest BCUT2D eigenvalue weighted by Gasteiger charge is 2.12. The van der Waals surface area contributed by atoms with Crippen LogP contribution in [0.25, 0.3) is 22.6 Å². The van der Waals surface area contributed by atoms with Gasteiger partial charge in [0, 0.05) is 23.5 Å². The fourth-order valence-electron chi connectivity index (χ4n) is 2.35. The number of aromatic amines is 1. The van der Waals surface area contributed by atoms with Crippen molar-refractivity contribution in [2.24, 2.45) is 0 Å². The SMILES string of the molecule is Cc1cnc2nc(-c3cc(NC(=O)NC(C)C)ccc3Cl)[nH]c2c1. The molecule has 0 atom stereocenters. The number of imidazole rings is 1. The number of nitrogens with one attached hydrogen (secondary N) is 3. The molecule has 0 aliphatic heterocycles. The summed E-state index contributed by atoms with van der Waals surface area (Å²) in [5.41, 5.74) is 3.86. The van der Waals surface area contributed by atoms with Crippen LogP contribution in [0.3, 0.4) is 0 Å². The number of halogens is 1. The van der Waals surface area contributed by atoms with E-state index < -0.39 is 0 Å². The molecular weight excluding hydrogens is 326 g/mol. The maximum Gasteiger partial charge on any atom is 0.319 e. The van der Waals surface area contributed by atoms with Crippen LogP contribution >= 0.6 is 11.6 Å². The standard InChI is InChI=1S/C17H18ClN5O/c1-9(2)20-17(24)21-11-4-5-13(18)12(7-11)15-22-14-6-10(3)8-19-16(14)23-15/h4-9H,1-3H3,(H,19,22,23)(H2,20,21,24). The zero-order valence-corrected chi connectivity index (χ0v) is 14.4. The number of hydrogen-bond acceptors (Lipinski definition) is 3. The third-order valence-corrected chi connectivity index (χ3v) is 3.70. The number of H-pyrrole nitrogens is 1. The molecule has 0 bridgehead atoms. The van der Waals surface area contributed by atoms with Gasteiger partial charge in [-0.3, -0.25) is 0 Å². The summed E-state index contributed by atoms with van der Waals surface area (Å²) in [6, 6.07) is 7.03. The number of benzene rings is 1. The van der Waals surface area contributed by atoms with Crippen molar-refractivity contribution in [2.75, 3.05) is 5.32 Å². The summed E-state index contributed by atoms with van der Waals surface area (Å²) in [5.74, 6) is 0.612. The molecule has 0 saturated carbocycles. The fraction of sp³-hybridized carbons (Fsp3) is 0.235. The van der Waals surface area contributed by atoms with E-state index >= 15 is 0 Å². The van der Waals surface area contributed by atoms with Crippen LogP contribution in [0.2, 0.25) is 5.02 Å². The monoisotopic (exact) mass is 343 g/mol. The number of aromatic nitrogens is 3. The molecule has 6 nitrogen and oxygen atoms in total. The molecule has 124 valence electrons. The van der Waals surface area contributed by atoms with Gasteiger partial charge in [0.15, 0.2) is 5.65 Å². The van der Waals surface area contributed by atoms with E-state index in [0.717, 1.165) is 11.1 Å². The lowest BCUT2D eigenvalue weighted by molar-refractivity contribution is 0.250. The molecule has 0 fully saturated rings. The molecule has 0 unspecified atom stereocenters. The van der Waals surface area contributed by atoms with Crippen LogP contribution in [0.1, 0.15) is 19.4 Å². The van der Waals surface area contributed by atoms with Gasteiger partial charge in [0.1, 0.15) is 5.82 Å². The molecule has 0 radical (unpaired) electrons. The summed E-state index contributed by atoms with van der Waals surface area (Å²) in [6.07, 6.45) is 1.77. The maximum atomic E-state index is 11.8. The lowest BCUT2D eigenvalue weighted by atomic mass is 10.2. The predicted octanol–water partition coefficient (Wildman–Crippen LogP) is 4.12. The molecule has 7 heteroatoms. The highest BCUT2D eigenvalue weighted by molar-refractivity contribution is 6.33. The number of fused-ring (bicyclic) bond motifs is 1. The quantitative estimate of drug-likeness (QED) is 0.669. The second kappa shape index (κ2) is 6.49. The number of aryl methyl sites for hydroxylation is 1. The Morgan fingerprint density at radius 1 is 1.29 bits per heavy atom. The van der Waals surface area contributed by atoms with Gasteiger partial charge in [0.2, 0.25) is 0 Å². The van der Waals surface area contributed by atoms with Crippen LogP contribution in [-0.4, -0.2) is 27.0 Å². The summed E-state index contributed by atoms with van der Waals surface area (Å²) < 4.78 is 0. The zero-order chi connectivity index (χ0) is 17.3. The molecule has 2 heterocycles. The van der Waals surface area contributed by atoms with Gasteiger partial charge >= 0.3 is 6.03 Å². The number of nitrogens with zero attached hydrogens (tertiary/aromatic N) is 2. The number of urea groups is 1. The van der Waals surface area contributed by atoms with Crippen LogP contribution < -0.4 is 10.6 Å². The topological polar surface area (TPSA) is 82.7 Å². The van der Waals surface area contributed by atoms with Gasteiger partial charge < -0.3 is 15.6 Å². The van der Waals surface area contributed by atoms with Crippen molar-refractivity contribution >= 4 is 34.5 Å². The summed E-state index contributed by atoms with van der Waals surface area (Å²) in [7, 11) is 0. The molecular formula is C17H18ClN5O. The number of rotatable bonds is 3. The minimum absolute atomic E-state index is 0.0569. The van der Waals surface area contributed by atoms with E-state index in [4.69, 9.17) is 11.6 Å². The highest BCUT2D eigenvalue weighted by atomic mass is 35.5. The summed E-state index contributed by atoms with van der Waals surface area (Å²) >= 11 is 6.30. The van der Waals surface area contributed by atoms with Crippen molar-refractivity contribution < 1.29 is 4.79 Å². The first-order chi connectivity index (χ1) is 11.4. The fourth-order valence-corrected chi connectivity index (χ4v) is 2.55. The van der Waals surface area contributed by atoms with Crippen LogP contribution in [0, 0.1) is 6.92 Å². The van der Waals surface area contributed by atoms with Gasteiger partial charge in [-0.05, 0) is 50.6 Å². The van der Waals surface area contributed by atoms with E-state index in [1.165, 1.54) is 0 Å². The minimum atomic E-state index is -0.264. The number of pyridine rings is 1. The highest BCUT2D eigenvalue weighted by Crippen LogP contribution is 2.30. The summed E-state index contributed by atoms with van der Waals surface area (Å²) in [4.78, 5) is 23.8. The number of amides is 2. The predicted molar refractivity (Wildman–Crippen MR) is 96.4 cm³/mol.